The van der Waals surface area contributed by atoms with E-state index in [1.54, 1.807) is 24.4 Å². The molecule has 2 heterocycles. The summed E-state index contributed by atoms with van der Waals surface area (Å²) in [6, 6.07) is 17.0. The van der Waals surface area contributed by atoms with Crippen molar-refractivity contribution < 1.29 is 13.2 Å². The van der Waals surface area contributed by atoms with Crippen molar-refractivity contribution in [1.29, 1.82) is 0 Å². The Bertz CT molecular complexity index is 1170. The van der Waals surface area contributed by atoms with Crippen LogP contribution >= 0.6 is 0 Å². The highest BCUT2D eigenvalue weighted by atomic mass is 32.2. The SMILES string of the molecule is O=C(/C=C/c1ccc(N2CCCS2(=O)=O)cc1)NCc1ccccc1Cn1cccn1. The van der Waals surface area contributed by atoms with E-state index in [2.05, 4.69) is 10.4 Å². The lowest BCUT2D eigenvalue weighted by molar-refractivity contribution is -0.116. The summed E-state index contributed by atoms with van der Waals surface area (Å²) in [4.78, 5) is 12.3. The van der Waals surface area contributed by atoms with Gasteiger partial charge in [0.05, 0.1) is 18.0 Å². The number of carbonyl (C=O) groups is 1. The van der Waals surface area contributed by atoms with Crippen molar-refractivity contribution in [2.45, 2.75) is 19.5 Å². The molecule has 0 spiro atoms. The molecule has 7 nitrogen and oxygen atoms in total. The van der Waals surface area contributed by atoms with E-state index < -0.39 is 10.0 Å². The van der Waals surface area contributed by atoms with E-state index in [0.717, 1.165) is 16.7 Å². The maximum absolute atomic E-state index is 12.3. The Balaban J connectivity index is 1.34. The first-order valence-corrected chi connectivity index (χ1v) is 11.7. The van der Waals surface area contributed by atoms with Gasteiger partial charge in [0.15, 0.2) is 0 Å². The number of hydrogen-bond acceptors (Lipinski definition) is 4. The average Bonchev–Trinajstić information content (AvgIpc) is 3.41. The number of sulfonamides is 1. The molecule has 0 unspecified atom stereocenters. The van der Waals surface area contributed by atoms with Crippen LogP contribution in [0.4, 0.5) is 5.69 Å². The maximum atomic E-state index is 12.3. The molecule has 160 valence electrons. The molecule has 4 rings (SSSR count). The van der Waals surface area contributed by atoms with E-state index in [-0.39, 0.29) is 11.7 Å². The summed E-state index contributed by atoms with van der Waals surface area (Å²) in [5, 5.41) is 7.15. The molecule has 1 aromatic heterocycles. The highest BCUT2D eigenvalue weighted by Crippen LogP contribution is 2.24. The van der Waals surface area contributed by atoms with Gasteiger partial charge in [-0.05, 0) is 47.4 Å². The van der Waals surface area contributed by atoms with Crippen LogP contribution in [0, 0.1) is 0 Å². The summed E-state index contributed by atoms with van der Waals surface area (Å²) in [6.07, 6.45) is 7.49. The van der Waals surface area contributed by atoms with Crippen LogP contribution in [0.1, 0.15) is 23.1 Å². The molecule has 8 heteroatoms. The fraction of sp³-hybridized carbons (Fsp3) is 0.217. The Morgan fingerprint density at radius 1 is 1.06 bits per heavy atom. The fourth-order valence-corrected chi connectivity index (χ4v) is 5.11. The van der Waals surface area contributed by atoms with Crippen molar-refractivity contribution >= 4 is 27.7 Å². The van der Waals surface area contributed by atoms with Gasteiger partial charge in [-0.1, -0.05) is 36.4 Å². The molecule has 1 saturated heterocycles. The summed E-state index contributed by atoms with van der Waals surface area (Å²) >= 11 is 0. The predicted molar refractivity (Wildman–Crippen MR) is 121 cm³/mol. The third-order valence-corrected chi connectivity index (χ3v) is 7.04. The molecule has 1 fully saturated rings. The summed E-state index contributed by atoms with van der Waals surface area (Å²) in [5.41, 5.74) is 3.63. The van der Waals surface area contributed by atoms with Crippen molar-refractivity contribution in [3.05, 3.63) is 89.8 Å². The second-order valence-electron chi connectivity index (χ2n) is 7.36. The lowest BCUT2D eigenvalue weighted by atomic mass is 10.1. The Morgan fingerprint density at radius 2 is 1.84 bits per heavy atom. The van der Waals surface area contributed by atoms with Gasteiger partial charge in [-0.2, -0.15) is 5.10 Å². The summed E-state index contributed by atoms with van der Waals surface area (Å²) in [7, 11) is -3.19. The maximum Gasteiger partial charge on any atom is 0.244 e. The lowest BCUT2D eigenvalue weighted by Crippen LogP contribution is -2.24. The first-order valence-electron chi connectivity index (χ1n) is 10.1. The smallest absolute Gasteiger partial charge is 0.244 e. The third kappa shape index (κ3) is 5.21. The number of rotatable bonds is 7. The number of aromatic nitrogens is 2. The van der Waals surface area contributed by atoms with Gasteiger partial charge in [0.2, 0.25) is 15.9 Å². The Labute approximate surface area is 182 Å². The number of anilines is 1. The summed E-state index contributed by atoms with van der Waals surface area (Å²) in [5.74, 6) is -0.0000180. The van der Waals surface area contributed by atoms with Gasteiger partial charge in [0, 0.05) is 31.6 Å². The predicted octanol–water partition coefficient (Wildman–Crippen LogP) is 2.80. The van der Waals surface area contributed by atoms with E-state index in [9.17, 15) is 13.2 Å². The summed E-state index contributed by atoms with van der Waals surface area (Å²) in [6.45, 7) is 1.59. The zero-order valence-electron chi connectivity index (χ0n) is 17.0. The first kappa shape index (κ1) is 20.9. The van der Waals surface area contributed by atoms with Crippen molar-refractivity contribution in [1.82, 2.24) is 15.1 Å². The van der Waals surface area contributed by atoms with Gasteiger partial charge in [-0.15, -0.1) is 0 Å². The quantitative estimate of drug-likeness (QED) is 0.577. The van der Waals surface area contributed by atoms with Crippen LogP contribution < -0.4 is 9.62 Å². The molecule has 0 aliphatic carbocycles. The van der Waals surface area contributed by atoms with Crippen LogP contribution in [-0.4, -0.2) is 36.4 Å². The van der Waals surface area contributed by atoms with E-state index in [1.807, 2.05) is 53.3 Å². The van der Waals surface area contributed by atoms with E-state index in [0.29, 0.717) is 31.7 Å². The molecule has 0 radical (unpaired) electrons. The minimum absolute atomic E-state index is 0.194. The zero-order chi connectivity index (χ0) is 21.7. The molecule has 1 aliphatic rings. The molecule has 31 heavy (non-hydrogen) atoms. The monoisotopic (exact) mass is 436 g/mol. The van der Waals surface area contributed by atoms with Crippen LogP contribution in [0.2, 0.25) is 0 Å². The number of nitrogens with one attached hydrogen (secondary N) is 1. The molecule has 1 aliphatic heterocycles. The fourth-order valence-electron chi connectivity index (χ4n) is 3.55. The normalized spacial score (nSPS) is 15.4. The van der Waals surface area contributed by atoms with Crippen LogP contribution in [0.15, 0.2) is 73.1 Å². The first-order chi connectivity index (χ1) is 15.0. The molecule has 1 amide bonds. The second kappa shape index (κ2) is 9.18. The number of nitrogens with zero attached hydrogens (tertiary/aromatic N) is 3. The Hall–Kier alpha value is -3.39. The second-order valence-corrected chi connectivity index (χ2v) is 9.37. The largest absolute Gasteiger partial charge is 0.348 e. The van der Waals surface area contributed by atoms with Gasteiger partial charge in [0.1, 0.15) is 0 Å². The van der Waals surface area contributed by atoms with Gasteiger partial charge in [0.25, 0.3) is 0 Å². The van der Waals surface area contributed by atoms with Crippen LogP contribution in [-0.2, 0) is 27.9 Å². The van der Waals surface area contributed by atoms with Crippen molar-refractivity contribution in [2.75, 3.05) is 16.6 Å². The molecule has 2 aromatic carbocycles. The van der Waals surface area contributed by atoms with Gasteiger partial charge >= 0.3 is 0 Å². The van der Waals surface area contributed by atoms with E-state index in [4.69, 9.17) is 0 Å². The molecule has 0 atom stereocenters. The minimum atomic E-state index is -3.19. The van der Waals surface area contributed by atoms with Gasteiger partial charge < -0.3 is 5.32 Å². The standard InChI is InChI=1S/C23H24N4O3S/c28-23(24-17-20-5-1-2-6-21(20)18-26-14-3-13-25-26)12-9-19-7-10-22(11-8-19)27-15-4-16-31(27,29)30/h1-3,5-14H,4,15-18H2,(H,24,28)/b12-9+. The van der Waals surface area contributed by atoms with Crippen LogP contribution in [0.25, 0.3) is 6.08 Å². The molecule has 1 N–H and O–H groups in total. The van der Waals surface area contributed by atoms with Gasteiger partial charge in [-0.25, -0.2) is 8.42 Å². The summed E-state index contributed by atoms with van der Waals surface area (Å²) < 4.78 is 27.3. The lowest BCUT2D eigenvalue weighted by Gasteiger charge is -2.16. The van der Waals surface area contributed by atoms with E-state index in [1.165, 1.54) is 10.4 Å². The van der Waals surface area contributed by atoms with Gasteiger partial charge in [-0.3, -0.25) is 13.8 Å². The number of carbonyl (C=O) groups excluding carboxylic acids is 1. The zero-order valence-corrected chi connectivity index (χ0v) is 17.8. The number of hydrogen-bond donors (Lipinski definition) is 1. The Kier molecular flexibility index (Phi) is 6.18. The topological polar surface area (TPSA) is 84.3 Å². The van der Waals surface area contributed by atoms with Crippen LogP contribution in [0.3, 0.4) is 0 Å². The molecular weight excluding hydrogens is 412 g/mol. The minimum Gasteiger partial charge on any atom is -0.348 e. The Morgan fingerprint density at radius 3 is 2.52 bits per heavy atom. The van der Waals surface area contributed by atoms with E-state index >= 15 is 0 Å². The van der Waals surface area contributed by atoms with Crippen molar-refractivity contribution in [3.63, 3.8) is 0 Å². The third-order valence-electron chi connectivity index (χ3n) is 5.17. The average molecular weight is 437 g/mol. The number of benzene rings is 2. The van der Waals surface area contributed by atoms with Crippen molar-refractivity contribution in [3.8, 4) is 0 Å². The molecule has 3 aromatic rings. The molecule has 0 bridgehead atoms. The number of amides is 1. The van der Waals surface area contributed by atoms with Crippen molar-refractivity contribution in [2.24, 2.45) is 0 Å². The van der Waals surface area contributed by atoms with Crippen LogP contribution in [0.5, 0.6) is 0 Å². The highest BCUT2D eigenvalue weighted by Gasteiger charge is 2.28. The molecule has 0 saturated carbocycles. The molecular formula is C23H24N4O3S. The highest BCUT2D eigenvalue weighted by molar-refractivity contribution is 7.93.